The van der Waals surface area contributed by atoms with E-state index in [9.17, 15) is 10.0 Å². The molecule has 0 unspecified atom stereocenters. The molecule has 2 aromatic carbocycles. The molecule has 0 spiro atoms. The van der Waals surface area contributed by atoms with Crippen LogP contribution in [0.1, 0.15) is 5.56 Å². The first-order valence-electron chi connectivity index (χ1n) is 7.67. The minimum Gasteiger partial charge on any atom is -0.618 e. The van der Waals surface area contributed by atoms with Gasteiger partial charge >= 0.3 is 0 Å². The van der Waals surface area contributed by atoms with Crippen molar-refractivity contribution in [3.8, 4) is 0 Å². The highest BCUT2D eigenvalue weighted by atomic mass is 32.2. The molecule has 1 aromatic heterocycles. The van der Waals surface area contributed by atoms with Crippen molar-refractivity contribution in [2.24, 2.45) is 0 Å². The van der Waals surface area contributed by atoms with Crippen LogP contribution in [0.4, 0.5) is 0 Å². The molecule has 3 aromatic rings. The van der Waals surface area contributed by atoms with Crippen molar-refractivity contribution in [3.05, 3.63) is 77.6 Å². The fourth-order valence-electron chi connectivity index (χ4n) is 2.54. The maximum atomic E-state index is 12.4. The molecular formula is C19H18N2O2S. The minimum atomic E-state index is -0.00297. The Morgan fingerprint density at radius 1 is 1.08 bits per heavy atom. The van der Waals surface area contributed by atoms with Gasteiger partial charge in [-0.3, -0.25) is 4.79 Å². The first-order chi connectivity index (χ1) is 11.6. The van der Waals surface area contributed by atoms with Crippen LogP contribution in [0.3, 0.4) is 0 Å². The Morgan fingerprint density at radius 2 is 1.83 bits per heavy atom. The van der Waals surface area contributed by atoms with Gasteiger partial charge in [0.25, 0.3) is 5.03 Å². The lowest BCUT2D eigenvalue weighted by Gasteiger charge is -2.18. The van der Waals surface area contributed by atoms with Gasteiger partial charge in [-0.2, -0.15) is 4.73 Å². The highest BCUT2D eigenvalue weighted by molar-refractivity contribution is 7.99. The minimum absolute atomic E-state index is 0.00297. The van der Waals surface area contributed by atoms with Crippen LogP contribution < -0.4 is 4.73 Å². The van der Waals surface area contributed by atoms with Gasteiger partial charge in [-0.1, -0.05) is 42.5 Å². The molecule has 24 heavy (non-hydrogen) atoms. The second-order valence-electron chi connectivity index (χ2n) is 5.54. The fraction of sp³-hybridized carbons (Fsp3) is 0.158. The number of carbonyl (C=O) groups is 1. The van der Waals surface area contributed by atoms with E-state index < -0.39 is 0 Å². The molecule has 0 saturated heterocycles. The molecule has 0 N–H and O–H groups in total. The number of amides is 1. The Hall–Kier alpha value is -2.53. The van der Waals surface area contributed by atoms with Crippen LogP contribution in [-0.2, 0) is 11.3 Å². The van der Waals surface area contributed by atoms with Gasteiger partial charge in [0.1, 0.15) is 0 Å². The van der Waals surface area contributed by atoms with Crippen molar-refractivity contribution >= 4 is 28.4 Å². The quantitative estimate of drug-likeness (QED) is 0.408. The number of hydrogen-bond acceptors (Lipinski definition) is 3. The van der Waals surface area contributed by atoms with Gasteiger partial charge < -0.3 is 10.1 Å². The third-order valence-corrected chi connectivity index (χ3v) is 4.85. The van der Waals surface area contributed by atoms with Crippen LogP contribution in [0.25, 0.3) is 10.8 Å². The number of thioether (sulfide) groups is 1. The average Bonchev–Trinajstić information content (AvgIpc) is 2.61. The Balaban J connectivity index is 1.67. The molecule has 0 atom stereocenters. The van der Waals surface area contributed by atoms with Crippen LogP contribution in [0, 0.1) is 5.21 Å². The molecule has 0 aliphatic heterocycles. The van der Waals surface area contributed by atoms with Crippen LogP contribution in [-0.4, -0.2) is 23.6 Å². The van der Waals surface area contributed by atoms with Gasteiger partial charge in [-0.25, -0.2) is 0 Å². The SMILES string of the molecule is CN(Cc1cccc2ccccc12)C(=O)CSc1cccc[n+]1[O-]. The molecule has 4 nitrogen and oxygen atoms in total. The monoisotopic (exact) mass is 338 g/mol. The van der Waals surface area contributed by atoms with Crippen LogP contribution in [0.5, 0.6) is 0 Å². The Labute approximate surface area is 145 Å². The topological polar surface area (TPSA) is 47.2 Å². The second-order valence-corrected chi connectivity index (χ2v) is 6.54. The third-order valence-electron chi connectivity index (χ3n) is 3.85. The van der Waals surface area contributed by atoms with E-state index in [1.807, 2.05) is 24.3 Å². The van der Waals surface area contributed by atoms with Crippen LogP contribution in [0.15, 0.2) is 71.9 Å². The van der Waals surface area contributed by atoms with E-state index in [1.165, 1.54) is 23.3 Å². The number of aromatic nitrogens is 1. The lowest BCUT2D eigenvalue weighted by atomic mass is 10.0. The van der Waals surface area contributed by atoms with E-state index in [-0.39, 0.29) is 11.7 Å². The molecule has 1 heterocycles. The molecule has 0 aliphatic rings. The first-order valence-corrected chi connectivity index (χ1v) is 8.65. The molecule has 3 rings (SSSR count). The smallest absolute Gasteiger partial charge is 0.251 e. The van der Waals surface area contributed by atoms with Crippen LogP contribution in [0.2, 0.25) is 0 Å². The van der Waals surface area contributed by atoms with Gasteiger partial charge in [-0.15, -0.1) is 0 Å². The fourth-order valence-corrected chi connectivity index (χ4v) is 3.40. The van der Waals surface area contributed by atoms with Gasteiger partial charge in [0.05, 0.1) is 5.75 Å². The summed E-state index contributed by atoms with van der Waals surface area (Å²) in [4.78, 5) is 14.1. The standard InChI is InChI=1S/C19H18N2O2S/c1-20(18(22)14-24-19-11-4-5-12-21(19)23)13-16-9-6-8-15-7-2-3-10-17(15)16/h2-12H,13-14H2,1H3. The summed E-state index contributed by atoms with van der Waals surface area (Å²) in [7, 11) is 1.79. The molecule has 0 bridgehead atoms. The first kappa shape index (κ1) is 16.3. The normalized spacial score (nSPS) is 10.7. The van der Waals surface area contributed by atoms with Crippen molar-refractivity contribution in [2.45, 2.75) is 11.6 Å². The summed E-state index contributed by atoms with van der Waals surface area (Å²) in [5, 5.41) is 14.5. The Morgan fingerprint density at radius 3 is 2.67 bits per heavy atom. The summed E-state index contributed by atoms with van der Waals surface area (Å²) in [5.74, 6) is 0.241. The number of carbonyl (C=O) groups excluding carboxylic acids is 1. The molecular weight excluding hydrogens is 320 g/mol. The van der Waals surface area contributed by atoms with Crippen molar-refractivity contribution in [3.63, 3.8) is 0 Å². The average molecular weight is 338 g/mol. The lowest BCUT2D eigenvalue weighted by molar-refractivity contribution is -0.645. The summed E-state index contributed by atoms with van der Waals surface area (Å²) < 4.78 is 0.780. The number of hydrogen-bond donors (Lipinski definition) is 0. The van der Waals surface area contributed by atoms with Crippen LogP contribution >= 0.6 is 11.8 Å². The maximum Gasteiger partial charge on any atom is 0.251 e. The third kappa shape index (κ3) is 3.68. The van der Waals surface area contributed by atoms with Gasteiger partial charge in [-0.05, 0) is 34.2 Å². The van der Waals surface area contributed by atoms with Crippen molar-refractivity contribution in [1.29, 1.82) is 0 Å². The molecule has 1 amide bonds. The van der Waals surface area contributed by atoms with Gasteiger partial charge in [0.2, 0.25) is 5.91 Å². The highest BCUT2D eigenvalue weighted by Crippen LogP contribution is 2.20. The number of nitrogens with zero attached hydrogens (tertiary/aromatic N) is 2. The second kappa shape index (κ2) is 7.36. The maximum absolute atomic E-state index is 12.4. The van der Waals surface area contributed by atoms with Crippen molar-refractivity contribution in [2.75, 3.05) is 12.8 Å². The van der Waals surface area contributed by atoms with E-state index in [1.54, 1.807) is 30.1 Å². The molecule has 0 fully saturated rings. The van der Waals surface area contributed by atoms with Gasteiger partial charge in [0, 0.05) is 25.7 Å². The van der Waals surface area contributed by atoms with E-state index in [0.717, 1.165) is 15.7 Å². The number of rotatable bonds is 5. The summed E-state index contributed by atoms with van der Waals surface area (Å²) in [6.07, 6.45) is 1.44. The zero-order valence-electron chi connectivity index (χ0n) is 13.4. The summed E-state index contributed by atoms with van der Waals surface area (Å²) in [6.45, 7) is 0.549. The van der Waals surface area contributed by atoms with E-state index in [4.69, 9.17) is 0 Å². The van der Waals surface area contributed by atoms with E-state index >= 15 is 0 Å². The van der Waals surface area contributed by atoms with Gasteiger partial charge in [0.15, 0.2) is 6.20 Å². The van der Waals surface area contributed by atoms with E-state index in [2.05, 4.69) is 18.2 Å². The molecule has 0 saturated carbocycles. The number of benzene rings is 2. The summed E-state index contributed by atoms with van der Waals surface area (Å²) in [5.41, 5.74) is 1.12. The van der Waals surface area contributed by atoms with Crippen molar-refractivity contribution in [1.82, 2.24) is 4.90 Å². The number of pyridine rings is 1. The van der Waals surface area contributed by atoms with E-state index in [0.29, 0.717) is 11.6 Å². The summed E-state index contributed by atoms with van der Waals surface area (Å²) >= 11 is 1.26. The number of fused-ring (bicyclic) bond motifs is 1. The zero-order valence-corrected chi connectivity index (χ0v) is 14.2. The predicted molar refractivity (Wildman–Crippen MR) is 96.5 cm³/mol. The summed E-state index contributed by atoms with van der Waals surface area (Å²) in [6, 6.07) is 19.5. The zero-order chi connectivity index (χ0) is 16.9. The molecule has 122 valence electrons. The predicted octanol–water partition coefficient (Wildman–Crippen LogP) is 3.22. The highest BCUT2D eigenvalue weighted by Gasteiger charge is 2.14. The molecule has 0 radical (unpaired) electrons. The lowest BCUT2D eigenvalue weighted by Crippen LogP contribution is -2.31. The Kier molecular flexibility index (Phi) is 5.01. The van der Waals surface area contributed by atoms with Crippen molar-refractivity contribution < 1.29 is 9.52 Å². The molecule has 0 aliphatic carbocycles. The molecule has 5 heteroatoms. The Bertz CT molecular complexity index is 861. The largest absolute Gasteiger partial charge is 0.618 e.